The first-order valence-corrected chi connectivity index (χ1v) is 10.9. The highest BCUT2D eigenvalue weighted by molar-refractivity contribution is 7.99. The summed E-state index contributed by atoms with van der Waals surface area (Å²) in [6, 6.07) is 8.61. The minimum Gasteiger partial charge on any atom is -0.296 e. The number of aromatic nitrogens is 2. The van der Waals surface area contributed by atoms with E-state index in [1.807, 2.05) is 13.8 Å². The van der Waals surface area contributed by atoms with Gasteiger partial charge in [-0.05, 0) is 30.2 Å². The van der Waals surface area contributed by atoms with Gasteiger partial charge in [0.1, 0.15) is 5.01 Å². The molecule has 32 heavy (non-hydrogen) atoms. The molecule has 12 heteroatoms. The fourth-order valence-corrected chi connectivity index (χ4v) is 4.66. The number of benzene rings is 2. The highest BCUT2D eigenvalue weighted by Crippen LogP contribution is 2.40. The topological polar surface area (TPSA) is 98.0 Å². The van der Waals surface area contributed by atoms with E-state index >= 15 is 0 Å². The van der Waals surface area contributed by atoms with Gasteiger partial charge in [-0.1, -0.05) is 49.1 Å². The monoisotopic (exact) mass is 482 g/mol. The van der Waals surface area contributed by atoms with Crippen molar-refractivity contribution in [3.63, 3.8) is 0 Å². The summed E-state index contributed by atoms with van der Waals surface area (Å²) in [6.07, 6.45) is -3.99. The summed E-state index contributed by atoms with van der Waals surface area (Å²) in [6.45, 7) is 4.07. The maximum absolute atomic E-state index is 12.9. The fraction of sp³-hybridized carbons (Fsp3) is 0.250. The molecule has 0 saturated heterocycles. The van der Waals surface area contributed by atoms with Crippen LogP contribution in [0.3, 0.4) is 0 Å². The van der Waals surface area contributed by atoms with Crippen LogP contribution < -0.4 is 5.32 Å². The van der Waals surface area contributed by atoms with E-state index in [4.69, 9.17) is 0 Å². The van der Waals surface area contributed by atoms with Crippen molar-refractivity contribution in [3.8, 4) is 0 Å². The summed E-state index contributed by atoms with van der Waals surface area (Å²) in [7, 11) is 0. The molecule has 0 fully saturated rings. The van der Waals surface area contributed by atoms with Crippen molar-refractivity contribution in [1.82, 2.24) is 10.2 Å². The Balaban J connectivity index is 1.86. The van der Waals surface area contributed by atoms with E-state index in [0.29, 0.717) is 22.0 Å². The van der Waals surface area contributed by atoms with Gasteiger partial charge < -0.3 is 0 Å². The Morgan fingerprint density at radius 1 is 1.19 bits per heavy atom. The Hall–Kier alpha value is -2.99. The number of hydrogen-bond acceptors (Lipinski definition) is 7. The van der Waals surface area contributed by atoms with E-state index in [1.54, 1.807) is 18.2 Å². The van der Waals surface area contributed by atoms with Crippen LogP contribution in [0.2, 0.25) is 0 Å². The zero-order valence-electron chi connectivity index (χ0n) is 16.8. The highest BCUT2D eigenvalue weighted by Gasteiger charge is 2.33. The lowest BCUT2D eigenvalue weighted by Crippen LogP contribution is -2.12. The smallest absolute Gasteiger partial charge is 0.296 e. The van der Waals surface area contributed by atoms with Crippen molar-refractivity contribution in [3.05, 3.63) is 68.7 Å². The molecule has 1 N–H and O–H groups in total. The third-order valence-electron chi connectivity index (χ3n) is 4.10. The fourth-order valence-electron chi connectivity index (χ4n) is 2.68. The van der Waals surface area contributed by atoms with Crippen LogP contribution in [-0.2, 0) is 12.6 Å². The second-order valence-corrected chi connectivity index (χ2v) is 9.23. The average Bonchev–Trinajstić information content (AvgIpc) is 3.13. The number of amides is 1. The van der Waals surface area contributed by atoms with E-state index in [2.05, 4.69) is 15.5 Å². The second kappa shape index (κ2) is 9.65. The minimum absolute atomic E-state index is 0.0154. The van der Waals surface area contributed by atoms with Gasteiger partial charge in [0.25, 0.3) is 11.6 Å². The van der Waals surface area contributed by atoms with Crippen molar-refractivity contribution in [1.29, 1.82) is 0 Å². The van der Waals surface area contributed by atoms with Crippen LogP contribution in [0.4, 0.5) is 24.0 Å². The number of rotatable bonds is 7. The zero-order valence-corrected chi connectivity index (χ0v) is 18.5. The molecule has 3 aromatic rings. The zero-order chi connectivity index (χ0) is 23.5. The minimum atomic E-state index is -4.71. The van der Waals surface area contributed by atoms with Crippen molar-refractivity contribution in [2.45, 2.75) is 36.2 Å². The first-order chi connectivity index (χ1) is 15.0. The molecule has 0 atom stereocenters. The number of nitro benzene ring substituents is 1. The van der Waals surface area contributed by atoms with E-state index < -0.39 is 28.3 Å². The summed E-state index contributed by atoms with van der Waals surface area (Å²) >= 11 is 2.09. The highest BCUT2D eigenvalue weighted by atomic mass is 32.2. The number of alkyl halides is 3. The average molecular weight is 483 g/mol. The van der Waals surface area contributed by atoms with Gasteiger partial charge in [-0.25, -0.2) is 0 Å². The molecule has 0 aliphatic heterocycles. The molecule has 0 saturated carbocycles. The Bertz CT molecular complexity index is 1150. The molecule has 3 rings (SSSR count). The number of carbonyl (C=O) groups excluding carboxylic acids is 1. The Morgan fingerprint density at radius 3 is 2.56 bits per heavy atom. The van der Waals surface area contributed by atoms with Crippen LogP contribution in [-0.4, -0.2) is 21.0 Å². The van der Waals surface area contributed by atoms with Crippen LogP contribution >= 0.6 is 23.1 Å². The summed E-state index contributed by atoms with van der Waals surface area (Å²) in [5.74, 6) is -0.127. The third-order valence-corrected chi connectivity index (χ3v) is 6.11. The number of nitro groups is 1. The summed E-state index contributed by atoms with van der Waals surface area (Å²) in [4.78, 5) is 23.6. The van der Waals surface area contributed by atoms with Gasteiger partial charge in [-0.2, -0.15) is 13.2 Å². The first kappa shape index (κ1) is 23.7. The molecular formula is C20H17F3N4O3S2. The molecule has 0 spiro atoms. The molecule has 0 aliphatic carbocycles. The third kappa shape index (κ3) is 5.82. The van der Waals surface area contributed by atoms with E-state index in [0.717, 1.165) is 35.3 Å². The molecule has 1 heterocycles. The second-order valence-electron chi connectivity index (χ2n) is 7.09. The van der Waals surface area contributed by atoms with Crippen LogP contribution in [0.1, 0.15) is 34.8 Å². The largest absolute Gasteiger partial charge is 0.416 e. The number of hydrogen-bond donors (Lipinski definition) is 1. The number of nitrogens with zero attached hydrogens (tertiary/aromatic N) is 3. The Morgan fingerprint density at radius 2 is 1.91 bits per heavy atom. The van der Waals surface area contributed by atoms with E-state index in [1.165, 1.54) is 17.4 Å². The van der Waals surface area contributed by atoms with Crippen LogP contribution in [0.15, 0.2) is 52.3 Å². The SMILES string of the molecule is CC(C)Cc1nnc(NC(=O)c2ccccc2Sc2ccc(C(F)(F)F)cc2[N+](=O)[O-])s1. The Labute approximate surface area is 189 Å². The number of anilines is 1. The molecule has 0 bridgehead atoms. The molecule has 0 unspecified atom stereocenters. The van der Waals surface area contributed by atoms with E-state index in [9.17, 15) is 28.1 Å². The predicted octanol–water partition coefficient (Wildman–Crippen LogP) is 6.07. The molecule has 1 amide bonds. The maximum Gasteiger partial charge on any atom is 0.416 e. The molecular weight excluding hydrogens is 465 g/mol. The molecule has 1 aromatic heterocycles. The van der Waals surface area contributed by atoms with Crippen molar-refractivity contribution in [2.24, 2.45) is 5.92 Å². The van der Waals surface area contributed by atoms with Crippen LogP contribution in [0, 0.1) is 16.0 Å². The normalized spacial score (nSPS) is 11.6. The summed E-state index contributed by atoms with van der Waals surface area (Å²) in [5, 5.41) is 23.1. The van der Waals surface area contributed by atoms with Gasteiger partial charge in [0.05, 0.1) is 20.9 Å². The van der Waals surface area contributed by atoms with Gasteiger partial charge >= 0.3 is 6.18 Å². The first-order valence-electron chi connectivity index (χ1n) is 9.31. The lowest BCUT2D eigenvalue weighted by Gasteiger charge is -2.11. The van der Waals surface area contributed by atoms with Crippen molar-refractivity contribution < 1.29 is 22.9 Å². The molecule has 7 nitrogen and oxygen atoms in total. The molecule has 2 aromatic carbocycles. The number of halogens is 3. The van der Waals surface area contributed by atoms with Gasteiger partial charge in [0, 0.05) is 17.4 Å². The molecule has 0 aliphatic rings. The number of nitrogens with one attached hydrogen (secondary N) is 1. The molecule has 168 valence electrons. The quantitative estimate of drug-likeness (QED) is 0.324. The lowest BCUT2D eigenvalue weighted by atomic mass is 10.1. The van der Waals surface area contributed by atoms with Gasteiger partial charge in [-0.3, -0.25) is 20.2 Å². The van der Waals surface area contributed by atoms with Crippen LogP contribution in [0.5, 0.6) is 0 Å². The number of carbonyl (C=O) groups is 1. The maximum atomic E-state index is 12.9. The standard InChI is InChI=1S/C20H17F3N4O3S2/c1-11(2)9-17-25-26-19(32-17)24-18(28)13-5-3-4-6-15(13)31-16-8-7-12(20(21,22)23)10-14(16)27(29)30/h3-8,10-11H,9H2,1-2H3,(H,24,26,28). The summed E-state index contributed by atoms with van der Waals surface area (Å²) < 4.78 is 38.8. The van der Waals surface area contributed by atoms with E-state index in [-0.39, 0.29) is 10.5 Å². The summed E-state index contributed by atoms with van der Waals surface area (Å²) in [5.41, 5.74) is -1.61. The lowest BCUT2D eigenvalue weighted by molar-refractivity contribution is -0.388. The van der Waals surface area contributed by atoms with Crippen molar-refractivity contribution >= 4 is 39.8 Å². The van der Waals surface area contributed by atoms with Gasteiger partial charge in [0.15, 0.2) is 0 Å². The predicted molar refractivity (Wildman–Crippen MR) is 115 cm³/mol. The van der Waals surface area contributed by atoms with Crippen molar-refractivity contribution in [2.75, 3.05) is 5.32 Å². The van der Waals surface area contributed by atoms with Crippen LogP contribution in [0.25, 0.3) is 0 Å². The van der Waals surface area contributed by atoms with Gasteiger partial charge in [-0.15, -0.1) is 10.2 Å². The van der Waals surface area contributed by atoms with Gasteiger partial charge in [0.2, 0.25) is 5.13 Å². The Kier molecular flexibility index (Phi) is 7.14. The molecule has 0 radical (unpaired) electrons.